The summed E-state index contributed by atoms with van der Waals surface area (Å²) in [5.41, 5.74) is 0. The zero-order valence-corrected chi connectivity index (χ0v) is 49.7. The van der Waals surface area contributed by atoms with Crippen molar-refractivity contribution in [2.24, 2.45) is 0 Å². The van der Waals surface area contributed by atoms with E-state index in [2.05, 4.69) is 41.5 Å². The van der Waals surface area contributed by atoms with Crippen LogP contribution in [0, 0.1) is 0 Å². The molecule has 0 rings (SSSR count). The van der Waals surface area contributed by atoms with Crippen LogP contribution in [0.15, 0.2) is 0 Å². The average molecular weight is 1070 g/mol. The van der Waals surface area contributed by atoms with Gasteiger partial charge >= 0.3 is 44.1 Å². The van der Waals surface area contributed by atoms with Gasteiger partial charge in [-0.15, -0.1) is 0 Å². The Morgan fingerprint density at radius 3 is 0.529 bits per heavy atom. The van der Waals surface area contributed by atoms with Gasteiger partial charge in [0.15, 0.2) is 0 Å². The van der Waals surface area contributed by atoms with Gasteiger partial charge in [0, 0.05) is 0 Å². The zero-order valence-electron chi connectivity index (χ0n) is 45.4. The SMILES string of the molecule is CC(C)[O][Ti+3].CCCCCCCCOP(=O)([O-])OCCCCCCCC.CCCCCCCCOP(=O)([O-])OCCCCCCCC.CCCCCCCCOP(=O)([O-])OCCCCCCCC. The van der Waals surface area contributed by atoms with Crippen LogP contribution in [-0.2, 0) is 65.0 Å². The minimum Gasteiger partial charge on any atom is -0.756 e. The van der Waals surface area contributed by atoms with E-state index in [0.29, 0.717) is 6.10 Å². The third-order valence-corrected chi connectivity index (χ3v) is 14.4. The first-order valence-electron chi connectivity index (χ1n) is 27.8. The molecule has 0 saturated carbocycles. The van der Waals surface area contributed by atoms with E-state index >= 15 is 0 Å². The van der Waals surface area contributed by atoms with Crippen LogP contribution >= 0.6 is 23.5 Å². The Hall–Kier alpha value is 1.00. The van der Waals surface area contributed by atoms with Crippen molar-refractivity contribution in [3.63, 3.8) is 0 Å². The van der Waals surface area contributed by atoms with Crippen molar-refractivity contribution < 1.29 is 79.7 Å². The summed E-state index contributed by atoms with van der Waals surface area (Å²) in [5, 5.41) is 0. The van der Waals surface area contributed by atoms with Gasteiger partial charge in [0.25, 0.3) is 23.5 Å². The molecular formula is C51H109O13P3Ti. The van der Waals surface area contributed by atoms with Gasteiger partial charge in [0.2, 0.25) is 0 Å². The first-order chi connectivity index (χ1) is 32.6. The summed E-state index contributed by atoms with van der Waals surface area (Å²) >= 11 is 1.70. The van der Waals surface area contributed by atoms with E-state index in [0.717, 1.165) is 116 Å². The maximum Gasteiger partial charge on any atom is 0.267 e. The van der Waals surface area contributed by atoms with E-state index < -0.39 is 23.5 Å². The Bertz CT molecular complexity index is 905. The molecule has 0 aromatic carbocycles. The molecule has 0 aromatic heterocycles. The fraction of sp³-hybridized carbons (Fsp3) is 1.00. The van der Waals surface area contributed by atoms with Crippen molar-refractivity contribution >= 4 is 23.5 Å². The number of phosphoric acid groups is 3. The summed E-state index contributed by atoms with van der Waals surface area (Å²) in [4.78, 5) is 34.5. The second kappa shape index (κ2) is 60.6. The molecule has 0 atom stereocenters. The van der Waals surface area contributed by atoms with Crippen molar-refractivity contribution in [2.45, 2.75) is 293 Å². The smallest absolute Gasteiger partial charge is 0.267 e. The molecule has 0 amide bonds. The van der Waals surface area contributed by atoms with Crippen LogP contribution in [0.2, 0.25) is 0 Å². The third kappa shape index (κ3) is 73.5. The van der Waals surface area contributed by atoms with Crippen molar-refractivity contribution in [1.82, 2.24) is 0 Å². The van der Waals surface area contributed by atoms with Crippen molar-refractivity contribution in [3.05, 3.63) is 0 Å². The fourth-order valence-electron chi connectivity index (χ4n) is 6.46. The number of hydrogen-bond acceptors (Lipinski definition) is 13. The van der Waals surface area contributed by atoms with E-state index in [9.17, 15) is 28.4 Å². The van der Waals surface area contributed by atoms with E-state index in [1.807, 2.05) is 13.8 Å². The normalized spacial score (nSPS) is 11.8. The van der Waals surface area contributed by atoms with Gasteiger partial charge in [0.05, 0.1) is 39.6 Å². The molecule has 0 aromatic rings. The van der Waals surface area contributed by atoms with Crippen LogP contribution in [0.5, 0.6) is 0 Å². The van der Waals surface area contributed by atoms with Crippen molar-refractivity contribution in [1.29, 1.82) is 0 Å². The van der Waals surface area contributed by atoms with Gasteiger partial charge in [-0.2, -0.15) is 0 Å². The summed E-state index contributed by atoms with van der Waals surface area (Å²) in [6.45, 7) is 18.6. The summed E-state index contributed by atoms with van der Waals surface area (Å²) in [6.07, 6.45) is 40.3. The Balaban J connectivity index is -0.000000429. The number of hydrogen-bond donors (Lipinski definition) is 0. The minimum absolute atomic E-state index is 0.253. The molecule has 410 valence electrons. The maximum absolute atomic E-state index is 11.5. The average Bonchev–Trinajstić information content (AvgIpc) is 3.30. The van der Waals surface area contributed by atoms with Gasteiger partial charge in [-0.1, -0.05) is 234 Å². The van der Waals surface area contributed by atoms with Gasteiger partial charge in [-0.05, 0) is 38.5 Å². The Kier molecular flexibility index (Phi) is 67.3. The number of phosphoric ester groups is 3. The summed E-state index contributed by atoms with van der Waals surface area (Å²) < 4.78 is 68.4. The fourth-order valence-corrected chi connectivity index (χ4v) is 8.80. The molecule has 0 saturated heterocycles. The molecule has 0 bridgehead atoms. The van der Waals surface area contributed by atoms with Crippen LogP contribution in [0.1, 0.15) is 287 Å². The number of rotatable bonds is 49. The molecule has 0 spiro atoms. The predicted octanol–water partition coefficient (Wildman–Crippen LogP) is 16.5. The topological polar surface area (TPSA) is 185 Å². The van der Waals surface area contributed by atoms with Gasteiger partial charge in [0.1, 0.15) is 0 Å². The number of unbranched alkanes of at least 4 members (excludes halogenated alkanes) is 30. The van der Waals surface area contributed by atoms with Crippen molar-refractivity contribution in [3.8, 4) is 0 Å². The van der Waals surface area contributed by atoms with E-state index in [1.165, 1.54) is 116 Å². The largest absolute Gasteiger partial charge is 0.756 e. The van der Waals surface area contributed by atoms with Crippen molar-refractivity contribution in [2.75, 3.05) is 39.6 Å². The molecule has 0 radical (unpaired) electrons. The molecule has 13 nitrogen and oxygen atoms in total. The summed E-state index contributed by atoms with van der Waals surface area (Å²) in [7, 11) is -12.2. The van der Waals surface area contributed by atoms with Gasteiger partial charge in [-0.25, -0.2) is 0 Å². The van der Waals surface area contributed by atoms with Crippen LogP contribution < -0.4 is 14.7 Å². The molecular weight excluding hydrogens is 961 g/mol. The zero-order chi connectivity index (χ0) is 51.7. The molecule has 0 aliphatic rings. The van der Waals surface area contributed by atoms with Gasteiger partial charge in [-0.3, -0.25) is 13.7 Å². The first-order valence-corrected chi connectivity index (χ1v) is 32.8. The maximum atomic E-state index is 11.5. The molecule has 17 heteroatoms. The Morgan fingerprint density at radius 2 is 0.412 bits per heavy atom. The molecule has 0 aliphatic heterocycles. The Morgan fingerprint density at radius 1 is 0.294 bits per heavy atom. The van der Waals surface area contributed by atoms with Crippen LogP contribution in [0.4, 0.5) is 0 Å². The molecule has 0 N–H and O–H groups in total. The van der Waals surface area contributed by atoms with Gasteiger partial charge < -0.3 is 41.8 Å². The standard InChI is InChI=1S/3C16H35O4P.C3H7O.Ti/c3*1-3-5-7-9-11-13-15-19-21(17,18)20-16-14-12-10-8-6-4-2;1-3(2)4;/h3*3-16H2,1-2H3,(H,17,18);3H,1-2H3;/q;;;-1;+4/p-3. The summed E-state index contributed by atoms with van der Waals surface area (Å²) in [6, 6.07) is 0. The molecule has 0 fully saturated rings. The minimum atomic E-state index is -4.07. The Labute approximate surface area is 433 Å². The second-order valence-electron chi connectivity index (χ2n) is 18.1. The second-order valence-corrected chi connectivity index (χ2v) is 22.7. The van der Waals surface area contributed by atoms with Crippen LogP contribution in [0.25, 0.3) is 0 Å². The molecule has 0 aliphatic carbocycles. The first kappa shape index (κ1) is 75.5. The molecule has 0 unspecified atom stereocenters. The predicted molar refractivity (Wildman–Crippen MR) is 275 cm³/mol. The molecule has 0 heterocycles. The monoisotopic (exact) mass is 1070 g/mol. The van der Waals surface area contributed by atoms with Crippen LogP contribution in [0.3, 0.4) is 0 Å². The summed E-state index contributed by atoms with van der Waals surface area (Å²) in [5.74, 6) is 0. The van der Waals surface area contributed by atoms with E-state index in [-0.39, 0.29) is 39.6 Å². The molecule has 68 heavy (non-hydrogen) atoms. The van der Waals surface area contributed by atoms with E-state index in [4.69, 9.17) is 30.5 Å². The quantitative estimate of drug-likeness (QED) is 0.0319. The van der Waals surface area contributed by atoms with E-state index in [1.54, 1.807) is 20.8 Å². The van der Waals surface area contributed by atoms with Crippen LogP contribution in [-0.4, -0.2) is 45.7 Å². The third-order valence-electron chi connectivity index (χ3n) is 10.7.